The summed E-state index contributed by atoms with van der Waals surface area (Å²) >= 11 is 0. The Balaban J connectivity index is 2.76. The fourth-order valence-corrected chi connectivity index (χ4v) is 1.88. The predicted octanol–water partition coefficient (Wildman–Crippen LogP) is 3.37. The van der Waals surface area contributed by atoms with E-state index in [1.54, 1.807) is 12.1 Å². The number of carbonyl (C=O) groups excluding carboxylic acids is 1. The third-order valence-corrected chi connectivity index (χ3v) is 3.12. The monoisotopic (exact) mass is 264 g/mol. The number of hydrogen-bond donors (Lipinski definition) is 1. The third-order valence-electron chi connectivity index (χ3n) is 3.12. The van der Waals surface area contributed by atoms with Crippen LogP contribution in [0.25, 0.3) is 0 Å². The lowest BCUT2D eigenvalue weighted by atomic mass is 10.0. The largest absolute Gasteiger partial charge is 0.478 e. The molecule has 1 rings (SSSR count). The summed E-state index contributed by atoms with van der Waals surface area (Å²) in [5.74, 6) is -1.23. The van der Waals surface area contributed by atoms with Crippen molar-refractivity contribution in [2.45, 2.75) is 39.7 Å². The Morgan fingerprint density at radius 2 is 1.79 bits per heavy atom. The highest BCUT2D eigenvalue weighted by atomic mass is 16.5. The highest BCUT2D eigenvalue weighted by Gasteiger charge is 2.19. The molecule has 4 nitrogen and oxygen atoms in total. The van der Waals surface area contributed by atoms with Crippen molar-refractivity contribution < 1.29 is 19.4 Å². The van der Waals surface area contributed by atoms with Crippen molar-refractivity contribution in [3.8, 4) is 0 Å². The lowest BCUT2D eigenvalue weighted by molar-refractivity contribution is 0.0287. The number of ether oxygens (including phenoxy) is 1. The van der Waals surface area contributed by atoms with Crippen LogP contribution < -0.4 is 0 Å². The van der Waals surface area contributed by atoms with Gasteiger partial charge in [0.05, 0.1) is 17.2 Å². The average Bonchev–Trinajstić information content (AvgIpc) is 2.38. The van der Waals surface area contributed by atoms with Gasteiger partial charge in [-0.1, -0.05) is 32.4 Å². The molecule has 0 saturated carbocycles. The molecule has 0 bridgehead atoms. The first-order valence-corrected chi connectivity index (χ1v) is 6.49. The van der Waals surface area contributed by atoms with Crippen molar-refractivity contribution in [3.63, 3.8) is 0 Å². The van der Waals surface area contributed by atoms with Crippen LogP contribution in [-0.2, 0) is 4.74 Å². The molecule has 0 aliphatic carbocycles. The van der Waals surface area contributed by atoms with E-state index in [2.05, 4.69) is 13.8 Å². The Morgan fingerprint density at radius 1 is 1.21 bits per heavy atom. The van der Waals surface area contributed by atoms with Gasteiger partial charge in [-0.15, -0.1) is 0 Å². The van der Waals surface area contributed by atoms with Gasteiger partial charge in [-0.3, -0.25) is 0 Å². The van der Waals surface area contributed by atoms with E-state index in [0.29, 0.717) is 5.92 Å². The third kappa shape index (κ3) is 4.39. The highest BCUT2D eigenvalue weighted by molar-refractivity contribution is 6.02. The first-order chi connectivity index (χ1) is 8.95. The van der Waals surface area contributed by atoms with Gasteiger partial charge in [0.1, 0.15) is 0 Å². The van der Waals surface area contributed by atoms with Crippen LogP contribution in [-0.4, -0.2) is 23.1 Å². The van der Waals surface area contributed by atoms with Crippen LogP contribution in [0.15, 0.2) is 24.3 Å². The number of aromatic carboxylic acids is 1. The summed E-state index contributed by atoms with van der Waals surface area (Å²) in [6.45, 7) is 6.00. The van der Waals surface area contributed by atoms with Crippen LogP contribution in [0.5, 0.6) is 0 Å². The number of benzene rings is 1. The van der Waals surface area contributed by atoms with E-state index in [1.807, 2.05) is 6.92 Å². The standard InChI is InChI=1S/C15H20O4/c1-4-10(2)9-11(3)19-15(18)13-8-6-5-7-12(13)14(16)17/h5-8,10-11H,4,9H2,1-3H3,(H,16,17). The van der Waals surface area contributed by atoms with E-state index >= 15 is 0 Å². The summed E-state index contributed by atoms with van der Waals surface area (Å²) < 4.78 is 5.30. The topological polar surface area (TPSA) is 63.6 Å². The molecule has 0 aliphatic rings. The van der Waals surface area contributed by atoms with Gasteiger partial charge in [-0.2, -0.15) is 0 Å². The Morgan fingerprint density at radius 3 is 2.32 bits per heavy atom. The quantitative estimate of drug-likeness (QED) is 0.800. The van der Waals surface area contributed by atoms with Crippen LogP contribution >= 0.6 is 0 Å². The maximum Gasteiger partial charge on any atom is 0.339 e. The summed E-state index contributed by atoms with van der Waals surface area (Å²) in [7, 11) is 0. The lowest BCUT2D eigenvalue weighted by Crippen LogP contribution is -2.19. The number of hydrogen-bond acceptors (Lipinski definition) is 3. The number of esters is 1. The van der Waals surface area contributed by atoms with Gasteiger partial charge in [0.25, 0.3) is 0 Å². The smallest absolute Gasteiger partial charge is 0.339 e. The predicted molar refractivity (Wildman–Crippen MR) is 72.4 cm³/mol. The van der Waals surface area contributed by atoms with Crippen molar-refractivity contribution in [3.05, 3.63) is 35.4 Å². The Kier molecular flexibility index (Phi) is 5.55. The summed E-state index contributed by atoms with van der Waals surface area (Å²) in [6.07, 6.45) is 1.58. The molecule has 2 unspecified atom stereocenters. The SMILES string of the molecule is CCC(C)CC(C)OC(=O)c1ccccc1C(=O)O. The molecule has 0 radical (unpaired) electrons. The van der Waals surface area contributed by atoms with Crippen molar-refractivity contribution >= 4 is 11.9 Å². The van der Waals surface area contributed by atoms with Crippen LogP contribution in [0.3, 0.4) is 0 Å². The van der Waals surface area contributed by atoms with E-state index in [1.165, 1.54) is 12.1 Å². The number of carbonyl (C=O) groups is 2. The second-order valence-electron chi connectivity index (χ2n) is 4.82. The van der Waals surface area contributed by atoms with Crippen LogP contribution in [0.2, 0.25) is 0 Å². The molecule has 0 spiro atoms. The van der Waals surface area contributed by atoms with Gasteiger partial charge < -0.3 is 9.84 Å². The minimum Gasteiger partial charge on any atom is -0.478 e. The summed E-state index contributed by atoms with van der Waals surface area (Å²) in [5, 5.41) is 9.02. The molecular formula is C15H20O4. The van der Waals surface area contributed by atoms with Crippen molar-refractivity contribution in [2.75, 3.05) is 0 Å². The molecule has 19 heavy (non-hydrogen) atoms. The Bertz CT molecular complexity index is 453. The molecule has 1 N–H and O–H groups in total. The van der Waals surface area contributed by atoms with Gasteiger partial charge in [-0.05, 0) is 31.4 Å². The summed E-state index contributed by atoms with van der Waals surface area (Å²) in [6, 6.07) is 6.09. The van der Waals surface area contributed by atoms with E-state index in [9.17, 15) is 9.59 Å². The van der Waals surface area contributed by atoms with E-state index < -0.39 is 11.9 Å². The van der Waals surface area contributed by atoms with E-state index in [4.69, 9.17) is 9.84 Å². The van der Waals surface area contributed by atoms with Crippen molar-refractivity contribution in [1.82, 2.24) is 0 Å². The maximum atomic E-state index is 12.0. The molecule has 1 aromatic rings. The molecule has 0 aliphatic heterocycles. The van der Waals surface area contributed by atoms with Crippen LogP contribution in [0.1, 0.15) is 54.3 Å². The van der Waals surface area contributed by atoms with Crippen molar-refractivity contribution in [1.29, 1.82) is 0 Å². The second kappa shape index (κ2) is 6.92. The normalized spacial score (nSPS) is 13.6. The van der Waals surface area contributed by atoms with Gasteiger partial charge >= 0.3 is 11.9 Å². The molecule has 0 aromatic heterocycles. The fourth-order valence-electron chi connectivity index (χ4n) is 1.88. The Hall–Kier alpha value is -1.84. The van der Waals surface area contributed by atoms with E-state index in [0.717, 1.165) is 12.8 Å². The zero-order valence-electron chi connectivity index (χ0n) is 11.6. The molecule has 0 heterocycles. The van der Waals surface area contributed by atoms with E-state index in [-0.39, 0.29) is 17.2 Å². The highest BCUT2D eigenvalue weighted by Crippen LogP contribution is 2.16. The van der Waals surface area contributed by atoms with Gasteiger partial charge in [0.15, 0.2) is 0 Å². The number of rotatable bonds is 6. The minimum atomic E-state index is -1.12. The maximum absolute atomic E-state index is 12.0. The Labute approximate surface area is 113 Å². The second-order valence-corrected chi connectivity index (χ2v) is 4.82. The first kappa shape index (κ1) is 15.2. The van der Waals surface area contributed by atoms with Gasteiger partial charge in [-0.25, -0.2) is 9.59 Å². The van der Waals surface area contributed by atoms with Crippen LogP contribution in [0, 0.1) is 5.92 Å². The molecule has 0 fully saturated rings. The summed E-state index contributed by atoms with van der Waals surface area (Å²) in [5.41, 5.74) is 0.0780. The fraction of sp³-hybridized carbons (Fsp3) is 0.467. The molecule has 4 heteroatoms. The average molecular weight is 264 g/mol. The summed E-state index contributed by atoms with van der Waals surface area (Å²) in [4.78, 5) is 23.0. The zero-order chi connectivity index (χ0) is 14.4. The molecular weight excluding hydrogens is 244 g/mol. The van der Waals surface area contributed by atoms with Gasteiger partial charge in [0, 0.05) is 0 Å². The van der Waals surface area contributed by atoms with Crippen LogP contribution in [0.4, 0.5) is 0 Å². The zero-order valence-corrected chi connectivity index (χ0v) is 11.6. The minimum absolute atomic E-state index is 0.0248. The first-order valence-electron chi connectivity index (χ1n) is 6.49. The number of carboxylic acid groups (broad SMARTS) is 1. The molecule has 0 saturated heterocycles. The molecule has 1 aromatic carbocycles. The molecule has 2 atom stereocenters. The lowest BCUT2D eigenvalue weighted by Gasteiger charge is -2.17. The van der Waals surface area contributed by atoms with Gasteiger partial charge in [0.2, 0.25) is 0 Å². The molecule has 104 valence electrons. The number of carboxylic acids is 1. The van der Waals surface area contributed by atoms with Crippen molar-refractivity contribution in [2.24, 2.45) is 5.92 Å². The molecule has 0 amide bonds.